The first kappa shape index (κ1) is 11.3. The highest BCUT2D eigenvalue weighted by molar-refractivity contribution is 5.58. The van der Waals surface area contributed by atoms with Crippen LogP contribution >= 0.6 is 0 Å². The van der Waals surface area contributed by atoms with E-state index in [-0.39, 0.29) is 0 Å². The van der Waals surface area contributed by atoms with Crippen LogP contribution in [0.2, 0.25) is 0 Å². The van der Waals surface area contributed by atoms with Crippen molar-refractivity contribution >= 4 is 5.69 Å². The molecule has 2 nitrogen and oxygen atoms in total. The van der Waals surface area contributed by atoms with Crippen LogP contribution in [0.1, 0.15) is 38.7 Å². The van der Waals surface area contributed by atoms with E-state index in [2.05, 4.69) is 38.2 Å². The third-order valence-electron chi connectivity index (χ3n) is 3.43. The first-order chi connectivity index (χ1) is 7.52. The first-order valence-corrected chi connectivity index (χ1v) is 5.94. The van der Waals surface area contributed by atoms with Gasteiger partial charge in [0, 0.05) is 12.2 Å². The smallest absolute Gasteiger partial charge is 0.119 e. The van der Waals surface area contributed by atoms with Gasteiger partial charge in [-0.1, -0.05) is 20.8 Å². The van der Waals surface area contributed by atoms with Crippen molar-refractivity contribution in [2.45, 2.75) is 33.1 Å². The Morgan fingerprint density at radius 3 is 2.69 bits per heavy atom. The van der Waals surface area contributed by atoms with E-state index >= 15 is 0 Å². The molecule has 1 aromatic carbocycles. The number of ether oxygens (including phenoxy) is 1. The molecule has 0 fully saturated rings. The second-order valence-corrected chi connectivity index (χ2v) is 5.59. The van der Waals surface area contributed by atoms with Crippen LogP contribution in [0.4, 0.5) is 5.69 Å². The van der Waals surface area contributed by atoms with Gasteiger partial charge in [0.1, 0.15) is 5.75 Å². The maximum Gasteiger partial charge on any atom is 0.119 e. The molecule has 1 N–H and O–H groups in total. The van der Waals surface area contributed by atoms with Crippen LogP contribution in [-0.2, 0) is 0 Å². The summed E-state index contributed by atoms with van der Waals surface area (Å²) in [6.45, 7) is 8.01. The van der Waals surface area contributed by atoms with E-state index in [9.17, 15) is 0 Å². The summed E-state index contributed by atoms with van der Waals surface area (Å²) >= 11 is 0. The van der Waals surface area contributed by atoms with Crippen molar-refractivity contribution in [3.05, 3.63) is 23.8 Å². The molecule has 2 heteroatoms. The normalized spacial score (nSPS) is 19.9. The Morgan fingerprint density at radius 1 is 1.31 bits per heavy atom. The standard InChI is InChI=1S/C14H21NO/c1-14(2,3)12-7-8-15-13-6-5-10(16-4)9-11(12)13/h5-6,9,12,15H,7-8H2,1-4H3. The minimum Gasteiger partial charge on any atom is -0.497 e. The van der Waals surface area contributed by atoms with E-state index in [0.717, 1.165) is 12.3 Å². The molecule has 0 amide bonds. The fourth-order valence-corrected chi connectivity index (χ4v) is 2.52. The van der Waals surface area contributed by atoms with Crippen molar-refractivity contribution in [2.75, 3.05) is 19.0 Å². The number of hydrogen-bond donors (Lipinski definition) is 1. The summed E-state index contributed by atoms with van der Waals surface area (Å²) in [6, 6.07) is 6.33. The fourth-order valence-electron chi connectivity index (χ4n) is 2.52. The number of rotatable bonds is 1. The summed E-state index contributed by atoms with van der Waals surface area (Å²) in [5.74, 6) is 1.57. The van der Waals surface area contributed by atoms with Crippen molar-refractivity contribution in [1.29, 1.82) is 0 Å². The third-order valence-corrected chi connectivity index (χ3v) is 3.43. The zero-order chi connectivity index (χ0) is 11.8. The predicted octanol–water partition coefficient (Wildman–Crippen LogP) is 3.64. The zero-order valence-electron chi connectivity index (χ0n) is 10.6. The Kier molecular flexibility index (Phi) is 2.83. The van der Waals surface area contributed by atoms with Crippen LogP contribution in [0.5, 0.6) is 5.75 Å². The van der Waals surface area contributed by atoms with Gasteiger partial charge in [0.15, 0.2) is 0 Å². The van der Waals surface area contributed by atoms with Crippen molar-refractivity contribution in [1.82, 2.24) is 0 Å². The summed E-state index contributed by atoms with van der Waals surface area (Å²) in [5, 5.41) is 3.46. The van der Waals surface area contributed by atoms with Gasteiger partial charge in [-0.3, -0.25) is 0 Å². The van der Waals surface area contributed by atoms with E-state index in [1.807, 2.05) is 6.07 Å². The first-order valence-electron chi connectivity index (χ1n) is 5.94. The van der Waals surface area contributed by atoms with Crippen LogP contribution in [0, 0.1) is 5.41 Å². The van der Waals surface area contributed by atoms with E-state index in [1.165, 1.54) is 17.7 Å². The fraction of sp³-hybridized carbons (Fsp3) is 0.571. The van der Waals surface area contributed by atoms with Crippen LogP contribution in [-0.4, -0.2) is 13.7 Å². The second-order valence-electron chi connectivity index (χ2n) is 5.59. The molecule has 1 heterocycles. The van der Waals surface area contributed by atoms with E-state index in [0.29, 0.717) is 11.3 Å². The molecule has 1 unspecified atom stereocenters. The van der Waals surface area contributed by atoms with E-state index in [4.69, 9.17) is 4.74 Å². The molecule has 1 aliphatic heterocycles. The molecule has 0 saturated heterocycles. The molecule has 0 bridgehead atoms. The molecule has 1 aromatic rings. The Morgan fingerprint density at radius 2 is 2.06 bits per heavy atom. The lowest BCUT2D eigenvalue weighted by Crippen LogP contribution is -2.26. The van der Waals surface area contributed by atoms with Gasteiger partial charge in [-0.2, -0.15) is 0 Å². The lowest BCUT2D eigenvalue weighted by Gasteiger charge is -2.36. The van der Waals surface area contributed by atoms with Crippen molar-refractivity contribution in [3.8, 4) is 5.75 Å². The van der Waals surface area contributed by atoms with Crippen molar-refractivity contribution < 1.29 is 4.74 Å². The van der Waals surface area contributed by atoms with Gasteiger partial charge in [-0.05, 0) is 41.5 Å². The Balaban J connectivity index is 2.43. The molecule has 16 heavy (non-hydrogen) atoms. The second kappa shape index (κ2) is 4.00. The van der Waals surface area contributed by atoms with Crippen molar-refractivity contribution in [3.63, 3.8) is 0 Å². The summed E-state index contributed by atoms with van der Waals surface area (Å²) in [7, 11) is 1.73. The number of fused-ring (bicyclic) bond motifs is 1. The highest BCUT2D eigenvalue weighted by atomic mass is 16.5. The highest BCUT2D eigenvalue weighted by Gasteiger charge is 2.30. The van der Waals surface area contributed by atoms with Crippen LogP contribution in [0.15, 0.2) is 18.2 Å². The molecule has 0 aromatic heterocycles. The summed E-state index contributed by atoms with van der Waals surface area (Å²) in [5.41, 5.74) is 2.98. The zero-order valence-corrected chi connectivity index (χ0v) is 10.6. The van der Waals surface area contributed by atoms with Gasteiger partial charge in [-0.25, -0.2) is 0 Å². The number of anilines is 1. The van der Waals surface area contributed by atoms with Gasteiger partial charge in [0.25, 0.3) is 0 Å². The van der Waals surface area contributed by atoms with Crippen molar-refractivity contribution in [2.24, 2.45) is 5.41 Å². The highest BCUT2D eigenvalue weighted by Crippen LogP contribution is 2.44. The molecule has 0 saturated carbocycles. The van der Waals surface area contributed by atoms with Gasteiger partial charge in [0.05, 0.1) is 7.11 Å². The third kappa shape index (κ3) is 2.01. The molecule has 2 rings (SSSR count). The molecular weight excluding hydrogens is 198 g/mol. The number of methoxy groups -OCH3 is 1. The molecule has 0 aliphatic carbocycles. The average Bonchev–Trinajstić information content (AvgIpc) is 2.26. The molecule has 1 aliphatic rings. The molecule has 0 radical (unpaired) electrons. The number of hydrogen-bond acceptors (Lipinski definition) is 2. The average molecular weight is 219 g/mol. The number of nitrogens with one attached hydrogen (secondary N) is 1. The topological polar surface area (TPSA) is 21.3 Å². The molecule has 88 valence electrons. The van der Waals surface area contributed by atoms with E-state index < -0.39 is 0 Å². The van der Waals surface area contributed by atoms with Crippen LogP contribution < -0.4 is 10.1 Å². The molecule has 1 atom stereocenters. The lowest BCUT2D eigenvalue weighted by molar-refractivity contribution is 0.304. The lowest BCUT2D eigenvalue weighted by atomic mass is 9.73. The van der Waals surface area contributed by atoms with E-state index in [1.54, 1.807) is 7.11 Å². The quantitative estimate of drug-likeness (QED) is 0.778. The summed E-state index contributed by atoms with van der Waals surface area (Å²) in [4.78, 5) is 0. The van der Waals surface area contributed by atoms with Crippen LogP contribution in [0.25, 0.3) is 0 Å². The molecular formula is C14H21NO. The summed E-state index contributed by atoms with van der Waals surface area (Å²) in [6.07, 6.45) is 1.20. The SMILES string of the molecule is COc1ccc2c(c1)C(C(C)(C)C)CCN2. The minimum atomic E-state index is 0.309. The maximum absolute atomic E-state index is 5.31. The minimum absolute atomic E-state index is 0.309. The van der Waals surface area contributed by atoms with Gasteiger partial charge >= 0.3 is 0 Å². The van der Waals surface area contributed by atoms with Gasteiger partial charge in [-0.15, -0.1) is 0 Å². The Labute approximate surface area is 98.0 Å². The predicted molar refractivity (Wildman–Crippen MR) is 68.3 cm³/mol. The summed E-state index contributed by atoms with van der Waals surface area (Å²) < 4.78 is 5.31. The number of benzene rings is 1. The molecule has 0 spiro atoms. The Hall–Kier alpha value is -1.18. The Bertz CT molecular complexity index is 379. The maximum atomic E-state index is 5.31. The van der Waals surface area contributed by atoms with Gasteiger partial charge in [0.2, 0.25) is 0 Å². The largest absolute Gasteiger partial charge is 0.497 e. The monoisotopic (exact) mass is 219 g/mol. The van der Waals surface area contributed by atoms with Gasteiger partial charge < -0.3 is 10.1 Å². The van der Waals surface area contributed by atoms with Crippen LogP contribution in [0.3, 0.4) is 0 Å².